The molecule has 29 heavy (non-hydrogen) atoms. The molecule has 0 spiro atoms. The summed E-state index contributed by atoms with van der Waals surface area (Å²) in [5, 5.41) is 0. The fourth-order valence-corrected chi connectivity index (χ4v) is 6.68. The van der Waals surface area contributed by atoms with E-state index in [-0.39, 0.29) is 6.67 Å². The van der Waals surface area contributed by atoms with Gasteiger partial charge < -0.3 is 0 Å². The summed E-state index contributed by atoms with van der Waals surface area (Å²) in [6.07, 6.45) is 18.9. The van der Waals surface area contributed by atoms with Gasteiger partial charge in [0.15, 0.2) is 0 Å². The van der Waals surface area contributed by atoms with Crippen LogP contribution in [0.2, 0.25) is 0 Å². The quantitative estimate of drug-likeness (QED) is 0.450. The topological polar surface area (TPSA) is 0 Å². The predicted molar refractivity (Wildman–Crippen MR) is 122 cm³/mol. The Hall–Kier alpha value is -0.850. The van der Waals surface area contributed by atoms with E-state index in [1.807, 2.05) is 0 Å². The minimum absolute atomic E-state index is 0.101. The molecule has 0 N–H and O–H groups in total. The lowest BCUT2D eigenvalue weighted by molar-refractivity contribution is 0.165. The number of rotatable bonds is 6. The average Bonchev–Trinajstić information content (AvgIpc) is 2.79. The minimum atomic E-state index is -0.101. The van der Waals surface area contributed by atoms with Crippen molar-refractivity contribution >= 4 is 0 Å². The molecule has 0 saturated heterocycles. The molecule has 0 atom stereocenters. The average molecular weight is 399 g/mol. The molecule has 3 aliphatic carbocycles. The van der Waals surface area contributed by atoms with Gasteiger partial charge in [-0.2, -0.15) is 0 Å². The van der Waals surface area contributed by atoms with Gasteiger partial charge in [0.05, 0.1) is 6.67 Å². The molecule has 1 aromatic rings. The summed E-state index contributed by atoms with van der Waals surface area (Å²) in [6.45, 7) is 2.34. The van der Waals surface area contributed by atoms with Crippen LogP contribution in [-0.2, 0) is 6.42 Å². The van der Waals surface area contributed by atoms with Crippen LogP contribution in [0, 0.1) is 29.6 Å². The second kappa shape index (κ2) is 10.5. The molecule has 1 aromatic carbocycles. The van der Waals surface area contributed by atoms with Gasteiger partial charge in [-0.05, 0) is 111 Å². The van der Waals surface area contributed by atoms with Crippen LogP contribution < -0.4 is 0 Å². The van der Waals surface area contributed by atoms with E-state index in [1.165, 1.54) is 82.6 Å². The Bertz CT molecular complexity index is 581. The van der Waals surface area contributed by atoms with Crippen LogP contribution in [0.3, 0.4) is 0 Å². The lowest BCUT2D eigenvalue weighted by Crippen LogP contribution is -2.24. The Kier molecular flexibility index (Phi) is 7.71. The van der Waals surface area contributed by atoms with Crippen LogP contribution in [-0.4, -0.2) is 6.67 Å². The first-order valence-electron chi connectivity index (χ1n) is 12.9. The number of aryl methyl sites for hydroxylation is 1. The van der Waals surface area contributed by atoms with Crippen molar-refractivity contribution in [2.75, 3.05) is 6.67 Å². The largest absolute Gasteiger partial charge is 0.251 e. The zero-order valence-electron chi connectivity index (χ0n) is 18.8. The van der Waals surface area contributed by atoms with Crippen molar-refractivity contribution in [2.45, 2.75) is 103 Å². The lowest BCUT2D eigenvalue weighted by atomic mass is 9.68. The smallest absolute Gasteiger partial charge is 0.0922 e. The van der Waals surface area contributed by atoms with Crippen molar-refractivity contribution in [3.63, 3.8) is 0 Å². The van der Waals surface area contributed by atoms with Gasteiger partial charge in [-0.1, -0.05) is 56.9 Å². The normalized spacial score (nSPS) is 36.1. The van der Waals surface area contributed by atoms with Gasteiger partial charge in [-0.3, -0.25) is 4.39 Å². The molecule has 1 heteroatoms. The summed E-state index contributed by atoms with van der Waals surface area (Å²) in [4.78, 5) is 0. The zero-order chi connectivity index (χ0) is 20.1. The van der Waals surface area contributed by atoms with Crippen molar-refractivity contribution in [1.82, 2.24) is 0 Å². The molecule has 0 aromatic heterocycles. The van der Waals surface area contributed by atoms with Gasteiger partial charge in [0.2, 0.25) is 0 Å². The van der Waals surface area contributed by atoms with E-state index >= 15 is 0 Å². The minimum Gasteiger partial charge on any atom is -0.251 e. The standard InChI is InChI=1S/C28H43F/c1-21-2-12-25(13-3-21)27-16-18-28(19-17-27)26-14-10-23(11-15-26)5-4-22-6-8-24(20-29)9-7-22/h10-11,14-15,21-22,24-25,27-28H,2-9,12-13,16-20H2,1H3. The van der Waals surface area contributed by atoms with Gasteiger partial charge >= 0.3 is 0 Å². The Morgan fingerprint density at radius 1 is 0.690 bits per heavy atom. The van der Waals surface area contributed by atoms with E-state index in [9.17, 15) is 4.39 Å². The summed E-state index contributed by atoms with van der Waals surface area (Å²) in [6, 6.07) is 9.67. The van der Waals surface area contributed by atoms with Gasteiger partial charge in [0.25, 0.3) is 0 Å². The maximum Gasteiger partial charge on any atom is 0.0922 e. The summed E-state index contributed by atoms with van der Waals surface area (Å²) in [7, 11) is 0. The SMILES string of the molecule is CC1CCC(C2CCC(c3ccc(CCC4CCC(CF)CC4)cc3)CC2)CC1. The fraction of sp³-hybridized carbons (Fsp3) is 0.786. The third-order valence-electron chi connectivity index (χ3n) is 8.98. The van der Waals surface area contributed by atoms with Crippen LogP contribution >= 0.6 is 0 Å². The highest BCUT2D eigenvalue weighted by atomic mass is 19.1. The molecule has 0 bridgehead atoms. The number of hydrogen-bond acceptors (Lipinski definition) is 0. The molecular weight excluding hydrogens is 355 g/mol. The summed E-state index contributed by atoms with van der Waals surface area (Å²) in [5.41, 5.74) is 3.10. The Morgan fingerprint density at radius 3 is 1.83 bits per heavy atom. The van der Waals surface area contributed by atoms with Crippen LogP contribution in [0.15, 0.2) is 24.3 Å². The fourth-order valence-electron chi connectivity index (χ4n) is 6.68. The van der Waals surface area contributed by atoms with E-state index in [0.29, 0.717) is 5.92 Å². The second-order valence-electron chi connectivity index (χ2n) is 11.0. The van der Waals surface area contributed by atoms with Crippen molar-refractivity contribution < 1.29 is 4.39 Å². The Morgan fingerprint density at radius 2 is 1.24 bits per heavy atom. The highest BCUT2D eigenvalue weighted by Gasteiger charge is 2.30. The van der Waals surface area contributed by atoms with Crippen LogP contribution in [0.5, 0.6) is 0 Å². The lowest BCUT2D eigenvalue weighted by Gasteiger charge is -2.37. The first kappa shape index (κ1) is 21.4. The highest BCUT2D eigenvalue weighted by molar-refractivity contribution is 5.26. The zero-order valence-corrected chi connectivity index (χ0v) is 18.8. The third-order valence-corrected chi connectivity index (χ3v) is 8.98. The molecular formula is C28H43F. The number of hydrogen-bond donors (Lipinski definition) is 0. The van der Waals surface area contributed by atoms with E-state index < -0.39 is 0 Å². The summed E-state index contributed by atoms with van der Waals surface area (Å²) in [5.74, 6) is 5.03. The molecule has 0 nitrogen and oxygen atoms in total. The van der Waals surface area contributed by atoms with E-state index in [2.05, 4.69) is 31.2 Å². The van der Waals surface area contributed by atoms with Gasteiger partial charge in [-0.15, -0.1) is 0 Å². The number of benzene rings is 1. The van der Waals surface area contributed by atoms with Crippen LogP contribution in [0.25, 0.3) is 0 Å². The Labute approximate surface area is 179 Å². The third kappa shape index (κ3) is 5.86. The van der Waals surface area contributed by atoms with Crippen molar-refractivity contribution in [1.29, 1.82) is 0 Å². The molecule has 0 heterocycles. The van der Waals surface area contributed by atoms with E-state index in [4.69, 9.17) is 0 Å². The molecule has 3 saturated carbocycles. The summed E-state index contributed by atoms with van der Waals surface area (Å²) < 4.78 is 12.8. The first-order chi connectivity index (χ1) is 14.2. The van der Waals surface area contributed by atoms with E-state index in [0.717, 1.165) is 42.4 Å². The Balaban J connectivity index is 1.20. The molecule has 0 radical (unpaired) electrons. The highest BCUT2D eigenvalue weighted by Crippen LogP contribution is 2.43. The monoisotopic (exact) mass is 398 g/mol. The number of halogens is 1. The molecule has 4 rings (SSSR count). The summed E-state index contributed by atoms with van der Waals surface area (Å²) >= 11 is 0. The molecule has 0 unspecified atom stereocenters. The molecule has 162 valence electrons. The molecule has 3 aliphatic rings. The molecule has 3 fully saturated rings. The van der Waals surface area contributed by atoms with E-state index in [1.54, 1.807) is 5.56 Å². The predicted octanol–water partition coefficient (Wildman–Crippen LogP) is 8.50. The maximum absolute atomic E-state index is 12.8. The van der Waals surface area contributed by atoms with Crippen molar-refractivity contribution in [2.24, 2.45) is 29.6 Å². The molecule has 0 aliphatic heterocycles. The second-order valence-corrected chi connectivity index (χ2v) is 11.0. The maximum atomic E-state index is 12.8. The van der Waals surface area contributed by atoms with Crippen molar-refractivity contribution in [3.8, 4) is 0 Å². The van der Waals surface area contributed by atoms with Gasteiger partial charge in [0.1, 0.15) is 0 Å². The number of alkyl halides is 1. The van der Waals surface area contributed by atoms with Crippen LogP contribution in [0.4, 0.5) is 4.39 Å². The van der Waals surface area contributed by atoms with Gasteiger partial charge in [0, 0.05) is 0 Å². The molecule has 0 amide bonds. The first-order valence-corrected chi connectivity index (χ1v) is 12.9. The van der Waals surface area contributed by atoms with Crippen molar-refractivity contribution in [3.05, 3.63) is 35.4 Å². The van der Waals surface area contributed by atoms with Gasteiger partial charge in [-0.25, -0.2) is 0 Å². The van der Waals surface area contributed by atoms with Crippen LogP contribution in [0.1, 0.15) is 107 Å².